The Labute approximate surface area is 137 Å². The first kappa shape index (κ1) is 17.3. The predicted octanol–water partition coefficient (Wildman–Crippen LogP) is 3.91. The molecule has 2 aromatic rings. The molecular formula is C19H24FNO2. The van der Waals surface area contributed by atoms with Gasteiger partial charge in [0.25, 0.3) is 0 Å². The summed E-state index contributed by atoms with van der Waals surface area (Å²) >= 11 is 0. The van der Waals surface area contributed by atoms with Gasteiger partial charge < -0.3 is 15.2 Å². The van der Waals surface area contributed by atoms with E-state index in [-0.39, 0.29) is 17.8 Å². The molecule has 2 rings (SSSR count). The quantitative estimate of drug-likeness (QED) is 0.842. The van der Waals surface area contributed by atoms with E-state index in [2.05, 4.69) is 0 Å². The van der Waals surface area contributed by atoms with Gasteiger partial charge in [-0.15, -0.1) is 0 Å². The summed E-state index contributed by atoms with van der Waals surface area (Å²) in [4.78, 5) is 0. The predicted molar refractivity (Wildman–Crippen MR) is 90.7 cm³/mol. The van der Waals surface area contributed by atoms with E-state index in [0.717, 1.165) is 23.3 Å². The lowest BCUT2D eigenvalue weighted by Crippen LogP contribution is -2.15. The SMILES string of the molecule is COc1ccc(CC(CN)c2cccc(F)c2)cc1OC(C)C. The van der Waals surface area contributed by atoms with E-state index >= 15 is 0 Å². The summed E-state index contributed by atoms with van der Waals surface area (Å²) in [5, 5.41) is 0. The van der Waals surface area contributed by atoms with Crippen LogP contribution in [-0.4, -0.2) is 19.8 Å². The van der Waals surface area contributed by atoms with Gasteiger partial charge in [0.15, 0.2) is 11.5 Å². The minimum Gasteiger partial charge on any atom is -0.493 e. The van der Waals surface area contributed by atoms with Gasteiger partial charge in [-0.05, 0) is 62.2 Å². The highest BCUT2D eigenvalue weighted by molar-refractivity contribution is 5.43. The number of methoxy groups -OCH3 is 1. The van der Waals surface area contributed by atoms with Gasteiger partial charge in [-0.1, -0.05) is 18.2 Å². The second-order valence-corrected chi connectivity index (χ2v) is 5.84. The summed E-state index contributed by atoms with van der Waals surface area (Å²) in [6, 6.07) is 12.5. The summed E-state index contributed by atoms with van der Waals surface area (Å²) in [6.45, 7) is 4.40. The highest BCUT2D eigenvalue weighted by Crippen LogP contribution is 2.31. The molecular weight excluding hydrogens is 293 g/mol. The molecule has 0 bridgehead atoms. The molecule has 1 atom stereocenters. The average Bonchev–Trinajstić information content (AvgIpc) is 2.52. The van der Waals surface area contributed by atoms with E-state index in [0.29, 0.717) is 12.3 Å². The van der Waals surface area contributed by atoms with Crippen LogP contribution in [0.25, 0.3) is 0 Å². The van der Waals surface area contributed by atoms with Gasteiger partial charge in [-0.2, -0.15) is 0 Å². The van der Waals surface area contributed by atoms with Crippen LogP contribution < -0.4 is 15.2 Å². The van der Waals surface area contributed by atoms with Gasteiger partial charge >= 0.3 is 0 Å². The van der Waals surface area contributed by atoms with Crippen molar-refractivity contribution in [1.29, 1.82) is 0 Å². The number of hydrogen-bond donors (Lipinski definition) is 1. The lowest BCUT2D eigenvalue weighted by atomic mass is 9.92. The first-order chi connectivity index (χ1) is 11.0. The molecule has 0 heterocycles. The Hall–Kier alpha value is -2.07. The van der Waals surface area contributed by atoms with Crippen LogP contribution in [0.3, 0.4) is 0 Å². The maximum Gasteiger partial charge on any atom is 0.161 e. The number of halogens is 1. The molecule has 0 aromatic heterocycles. The number of ether oxygens (including phenoxy) is 2. The molecule has 0 radical (unpaired) electrons. The van der Waals surface area contributed by atoms with Crippen molar-refractivity contribution < 1.29 is 13.9 Å². The van der Waals surface area contributed by atoms with Gasteiger partial charge in [0.1, 0.15) is 5.82 Å². The molecule has 2 N–H and O–H groups in total. The standard InChI is InChI=1S/C19H24FNO2/c1-13(2)23-19-10-14(7-8-18(19)22-3)9-16(12-21)15-5-4-6-17(20)11-15/h4-8,10-11,13,16H,9,12,21H2,1-3H3. The monoisotopic (exact) mass is 317 g/mol. The van der Waals surface area contributed by atoms with Crippen LogP contribution >= 0.6 is 0 Å². The third-order valence-electron chi connectivity index (χ3n) is 3.68. The number of hydrogen-bond acceptors (Lipinski definition) is 3. The number of rotatable bonds is 7. The Morgan fingerprint density at radius 3 is 2.48 bits per heavy atom. The summed E-state index contributed by atoms with van der Waals surface area (Å²) in [6.07, 6.45) is 0.783. The van der Waals surface area contributed by atoms with Gasteiger partial charge in [-0.3, -0.25) is 0 Å². The molecule has 0 fully saturated rings. The van der Waals surface area contributed by atoms with Crippen molar-refractivity contribution in [1.82, 2.24) is 0 Å². The fourth-order valence-electron chi connectivity index (χ4n) is 2.58. The molecule has 0 aliphatic rings. The minimum atomic E-state index is -0.237. The molecule has 0 saturated heterocycles. The summed E-state index contributed by atoms with van der Waals surface area (Å²) in [5.74, 6) is 1.25. The lowest BCUT2D eigenvalue weighted by molar-refractivity contribution is 0.230. The highest BCUT2D eigenvalue weighted by Gasteiger charge is 2.14. The third kappa shape index (κ3) is 4.70. The largest absolute Gasteiger partial charge is 0.493 e. The second-order valence-electron chi connectivity index (χ2n) is 5.84. The van der Waals surface area contributed by atoms with Crippen LogP contribution in [0.15, 0.2) is 42.5 Å². The van der Waals surface area contributed by atoms with Crippen molar-refractivity contribution in [3.05, 3.63) is 59.4 Å². The van der Waals surface area contributed by atoms with Crippen LogP contribution in [0.1, 0.15) is 30.9 Å². The molecule has 0 saturated carbocycles. The number of nitrogens with two attached hydrogens (primary N) is 1. The van der Waals surface area contributed by atoms with Crippen LogP contribution in [-0.2, 0) is 6.42 Å². The average molecular weight is 317 g/mol. The lowest BCUT2D eigenvalue weighted by Gasteiger charge is -2.18. The zero-order valence-electron chi connectivity index (χ0n) is 13.9. The van der Waals surface area contributed by atoms with Crippen molar-refractivity contribution in [3.63, 3.8) is 0 Å². The van der Waals surface area contributed by atoms with E-state index in [1.165, 1.54) is 6.07 Å². The molecule has 23 heavy (non-hydrogen) atoms. The van der Waals surface area contributed by atoms with Gasteiger partial charge in [0.2, 0.25) is 0 Å². The molecule has 0 amide bonds. The first-order valence-electron chi connectivity index (χ1n) is 7.82. The van der Waals surface area contributed by atoms with Crippen LogP contribution in [0.5, 0.6) is 11.5 Å². The molecule has 1 unspecified atom stereocenters. The Morgan fingerprint density at radius 1 is 1.09 bits per heavy atom. The molecule has 124 valence electrons. The molecule has 0 aliphatic heterocycles. The topological polar surface area (TPSA) is 44.5 Å². The fourth-order valence-corrected chi connectivity index (χ4v) is 2.58. The molecule has 3 nitrogen and oxygen atoms in total. The fraction of sp³-hybridized carbons (Fsp3) is 0.368. The normalized spacial score (nSPS) is 12.3. The van der Waals surface area contributed by atoms with Crippen molar-refractivity contribution in [3.8, 4) is 11.5 Å². The first-order valence-corrected chi connectivity index (χ1v) is 7.82. The maximum atomic E-state index is 13.4. The van der Waals surface area contributed by atoms with E-state index in [4.69, 9.17) is 15.2 Å². The van der Waals surface area contributed by atoms with Crippen LogP contribution in [0.2, 0.25) is 0 Å². The number of benzene rings is 2. The molecule has 2 aromatic carbocycles. The smallest absolute Gasteiger partial charge is 0.161 e. The summed E-state index contributed by atoms with van der Waals surface area (Å²) < 4.78 is 24.6. The van der Waals surface area contributed by atoms with E-state index in [1.807, 2.05) is 38.1 Å². The Balaban J connectivity index is 2.23. The van der Waals surface area contributed by atoms with Crippen molar-refractivity contribution in [2.75, 3.05) is 13.7 Å². The van der Waals surface area contributed by atoms with Gasteiger partial charge in [0, 0.05) is 5.92 Å². The van der Waals surface area contributed by atoms with Crippen LogP contribution in [0, 0.1) is 5.82 Å². The maximum absolute atomic E-state index is 13.4. The second kappa shape index (κ2) is 7.97. The van der Waals surface area contributed by atoms with Crippen LogP contribution in [0.4, 0.5) is 4.39 Å². The van der Waals surface area contributed by atoms with E-state index in [1.54, 1.807) is 19.2 Å². The third-order valence-corrected chi connectivity index (χ3v) is 3.68. The van der Waals surface area contributed by atoms with Gasteiger partial charge in [-0.25, -0.2) is 4.39 Å². The summed E-state index contributed by atoms with van der Waals surface area (Å²) in [5.41, 5.74) is 7.90. The summed E-state index contributed by atoms with van der Waals surface area (Å²) in [7, 11) is 1.62. The zero-order chi connectivity index (χ0) is 16.8. The van der Waals surface area contributed by atoms with Crippen molar-refractivity contribution in [2.45, 2.75) is 32.3 Å². The molecule has 0 aliphatic carbocycles. The van der Waals surface area contributed by atoms with Crippen molar-refractivity contribution >= 4 is 0 Å². The molecule has 0 spiro atoms. The van der Waals surface area contributed by atoms with Gasteiger partial charge in [0.05, 0.1) is 13.2 Å². The Morgan fingerprint density at radius 2 is 1.87 bits per heavy atom. The molecule has 4 heteroatoms. The van der Waals surface area contributed by atoms with Crippen molar-refractivity contribution in [2.24, 2.45) is 5.73 Å². The Bertz CT molecular complexity index is 643. The zero-order valence-corrected chi connectivity index (χ0v) is 13.9. The Kier molecular flexibility index (Phi) is 5.99. The van der Waals surface area contributed by atoms with E-state index in [9.17, 15) is 4.39 Å². The van der Waals surface area contributed by atoms with E-state index < -0.39 is 0 Å². The highest BCUT2D eigenvalue weighted by atomic mass is 19.1. The minimum absolute atomic E-state index is 0.0611.